The number of nitrogens with zero attached hydrogens (tertiary/aromatic N) is 4. The number of carbonyl (C=O) groups excluding carboxylic acids is 2. The predicted octanol–water partition coefficient (Wildman–Crippen LogP) is 5.59. The summed E-state index contributed by atoms with van der Waals surface area (Å²) in [6.07, 6.45) is 3.74. The summed E-state index contributed by atoms with van der Waals surface area (Å²) in [7, 11) is 1.31. The Hall–Kier alpha value is -5.66. The monoisotopic (exact) mass is 756 g/mol. The van der Waals surface area contributed by atoms with Gasteiger partial charge in [-0.25, -0.2) is 19.6 Å². The number of benzene rings is 4. The number of aliphatic hydroxyl groups excluding tert-OH is 1. The first kappa shape index (κ1) is 38.6. The molecule has 0 radical (unpaired) electrons. The molecule has 4 unspecified atom stereocenters. The van der Waals surface area contributed by atoms with Crippen molar-refractivity contribution in [3.8, 4) is 11.1 Å². The Labute approximate surface area is 327 Å². The van der Waals surface area contributed by atoms with Crippen LogP contribution in [0.15, 0.2) is 122 Å². The molecule has 12 heteroatoms. The first-order valence-electron chi connectivity index (χ1n) is 19.0. The van der Waals surface area contributed by atoms with Crippen molar-refractivity contribution >= 4 is 17.9 Å². The van der Waals surface area contributed by atoms with E-state index in [4.69, 9.17) is 14.2 Å². The number of rotatable bonds is 13. The number of esters is 1. The molecule has 2 aliphatic heterocycles. The molecule has 290 valence electrons. The van der Waals surface area contributed by atoms with Crippen molar-refractivity contribution in [2.24, 2.45) is 0 Å². The zero-order valence-corrected chi connectivity index (χ0v) is 31.5. The lowest BCUT2D eigenvalue weighted by molar-refractivity contribution is -0.253. The number of ether oxygens (including phenoxy) is 3. The van der Waals surface area contributed by atoms with Crippen molar-refractivity contribution in [3.63, 3.8) is 0 Å². The summed E-state index contributed by atoms with van der Waals surface area (Å²) in [5, 5.41) is 15.3. The number of hydrogen-bond acceptors (Lipinski definition) is 10. The third kappa shape index (κ3) is 9.95. The molecule has 7 rings (SSSR count). The van der Waals surface area contributed by atoms with Gasteiger partial charge in [-0.1, -0.05) is 103 Å². The fourth-order valence-electron chi connectivity index (χ4n) is 7.25. The van der Waals surface area contributed by atoms with Crippen molar-refractivity contribution in [2.45, 2.75) is 50.5 Å². The summed E-state index contributed by atoms with van der Waals surface area (Å²) in [4.78, 5) is 39.0. The molecule has 2 amide bonds. The van der Waals surface area contributed by atoms with Crippen LogP contribution in [0.25, 0.3) is 11.1 Å². The zero-order valence-electron chi connectivity index (χ0n) is 31.5. The molecule has 2 fully saturated rings. The van der Waals surface area contributed by atoms with Gasteiger partial charge in [-0.05, 0) is 39.4 Å². The van der Waals surface area contributed by atoms with E-state index in [0.717, 1.165) is 77.6 Å². The van der Waals surface area contributed by atoms with Crippen molar-refractivity contribution in [1.82, 2.24) is 25.5 Å². The highest BCUT2D eigenvalue weighted by Crippen LogP contribution is 2.39. The Morgan fingerprint density at radius 2 is 1.52 bits per heavy atom. The van der Waals surface area contributed by atoms with Crippen LogP contribution in [-0.4, -0.2) is 84.0 Å². The Morgan fingerprint density at radius 3 is 2.23 bits per heavy atom. The molecule has 0 bridgehead atoms. The number of hydrogen-bond donors (Lipinski definition) is 3. The minimum absolute atomic E-state index is 0.0104. The summed E-state index contributed by atoms with van der Waals surface area (Å²) < 4.78 is 18.3. The van der Waals surface area contributed by atoms with E-state index >= 15 is 0 Å². The maximum atomic E-state index is 13.0. The van der Waals surface area contributed by atoms with E-state index in [1.54, 1.807) is 12.4 Å². The highest BCUT2D eigenvalue weighted by atomic mass is 16.7. The lowest BCUT2D eigenvalue weighted by Gasteiger charge is -2.40. The molecule has 0 aliphatic carbocycles. The van der Waals surface area contributed by atoms with Gasteiger partial charge in [-0.3, -0.25) is 4.90 Å². The van der Waals surface area contributed by atoms with E-state index in [2.05, 4.69) is 30.4 Å². The van der Waals surface area contributed by atoms with Gasteiger partial charge in [0.05, 0.1) is 25.9 Å². The largest absolute Gasteiger partial charge is 0.467 e. The van der Waals surface area contributed by atoms with Gasteiger partial charge in [-0.2, -0.15) is 0 Å². The number of carbonyl (C=O) groups is 2. The van der Waals surface area contributed by atoms with Crippen LogP contribution in [0.1, 0.15) is 46.6 Å². The molecular formula is C44H48N6O6. The van der Waals surface area contributed by atoms with Gasteiger partial charge >= 0.3 is 12.0 Å². The van der Waals surface area contributed by atoms with E-state index < -0.39 is 24.3 Å². The van der Waals surface area contributed by atoms with Crippen LogP contribution < -0.4 is 15.5 Å². The van der Waals surface area contributed by atoms with Crippen molar-refractivity contribution in [1.29, 1.82) is 0 Å². The number of nitrogens with one attached hydrogen (secondary N) is 2. The van der Waals surface area contributed by atoms with E-state index in [-0.39, 0.29) is 25.4 Å². The minimum atomic E-state index is -0.825. The number of anilines is 1. The third-order valence-electron chi connectivity index (χ3n) is 10.3. The number of piperazine rings is 1. The van der Waals surface area contributed by atoms with Gasteiger partial charge < -0.3 is 34.9 Å². The highest BCUT2D eigenvalue weighted by Gasteiger charge is 2.34. The van der Waals surface area contributed by atoms with Crippen LogP contribution in [0, 0.1) is 0 Å². The molecule has 4 aromatic carbocycles. The number of aromatic nitrogens is 2. The molecule has 3 heterocycles. The van der Waals surface area contributed by atoms with Gasteiger partial charge in [0, 0.05) is 70.1 Å². The molecule has 3 N–H and O–H groups in total. The van der Waals surface area contributed by atoms with Crippen LogP contribution in [-0.2, 0) is 38.6 Å². The van der Waals surface area contributed by atoms with Crippen molar-refractivity contribution < 1.29 is 28.9 Å². The average Bonchev–Trinajstić information content (AvgIpc) is 3.26. The second-order valence-electron chi connectivity index (χ2n) is 14.1. The zero-order chi connectivity index (χ0) is 38.7. The SMILES string of the molecule is COC(=O)C(Cc1ccccc1)NC(=O)NCc1ccccc1-c1ccc(C2OC(CN3CCN(c4ncccn4)CC3)CC(c3ccc(CO)cc3)O2)cc1. The van der Waals surface area contributed by atoms with Crippen molar-refractivity contribution in [3.05, 3.63) is 149 Å². The first-order valence-corrected chi connectivity index (χ1v) is 19.0. The van der Waals surface area contributed by atoms with Crippen LogP contribution in [0.4, 0.5) is 10.7 Å². The summed E-state index contributed by atoms with van der Waals surface area (Å²) in [5.74, 6) is 0.252. The normalized spacial score (nSPS) is 19.2. The Balaban J connectivity index is 1.01. The molecule has 0 spiro atoms. The average molecular weight is 757 g/mol. The fourth-order valence-corrected chi connectivity index (χ4v) is 7.25. The summed E-state index contributed by atoms with van der Waals surface area (Å²) in [6.45, 7) is 4.45. The Morgan fingerprint density at radius 1 is 0.821 bits per heavy atom. The smallest absolute Gasteiger partial charge is 0.328 e. The summed E-state index contributed by atoms with van der Waals surface area (Å²) in [5.41, 5.74) is 6.59. The lowest BCUT2D eigenvalue weighted by atomic mass is 9.97. The maximum Gasteiger partial charge on any atom is 0.328 e. The van der Waals surface area contributed by atoms with E-state index in [1.807, 2.05) is 109 Å². The molecule has 0 saturated carbocycles. The first-order chi connectivity index (χ1) is 27.4. The number of methoxy groups -OCH3 is 1. The van der Waals surface area contributed by atoms with Gasteiger partial charge in [0.1, 0.15) is 6.04 Å². The van der Waals surface area contributed by atoms with Gasteiger partial charge in [0.2, 0.25) is 5.95 Å². The second kappa shape index (κ2) is 18.8. The summed E-state index contributed by atoms with van der Waals surface area (Å²) in [6, 6.07) is 34.1. The second-order valence-corrected chi connectivity index (χ2v) is 14.1. The molecule has 5 aromatic rings. The molecule has 2 aliphatic rings. The van der Waals surface area contributed by atoms with Gasteiger partial charge in [0.25, 0.3) is 0 Å². The lowest BCUT2D eigenvalue weighted by Crippen LogP contribution is -2.50. The van der Waals surface area contributed by atoms with E-state index in [9.17, 15) is 14.7 Å². The van der Waals surface area contributed by atoms with E-state index in [0.29, 0.717) is 12.8 Å². The maximum absolute atomic E-state index is 13.0. The third-order valence-corrected chi connectivity index (χ3v) is 10.3. The standard InChI is InChI=1S/C44H48N6O6/c1-54-41(52)39(26-31-8-3-2-4-9-31)48-44(53)47-28-36-10-5-6-11-38(36)33-16-18-35(19-17-33)42-55-37(27-40(56-42)34-14-12-32(30-51)13-15-34)29-49-22-24-50(25-23-49)43-45-20-7-21-46-43/h2-21,37,39-40,42,51H,22-30H2,1H3,(H2,47,48,53). The highest BCUT2D eigenvalue weighted by molar-refractivity contribution is 5.84. The number of aliphatic hydroxyl groups is 1. The molecule has 1 aromatic heterocycles. The minimum Gasteiger partial charge on any atom is -0.467 e. The molecule has 2 saturated heterocycles. The quantitative estimate of drug-likeness (QED) is 0.131. The molecule has 56 heavy (non-hydrogen) atoms. The topological polar surface area (TPSA) is 138 Å². The fraction of sp³-hybridized carbons (Fsp3) is 0.318. The van der Waals surface area contributed by atoms with Crippen molar-refractivity contribution in [2.75, 3.05) is 44.7 Å². The van der Waals surface area contributed by atoms with Gasteiger partial charge in [-0.15, -0.1) is 0 Å². The van der Waals surface area contributed by atoms with Gasteiger partial charge in [0.15, 0.2) is 6.29 Å². The van der Waals surface area contributed by atoms with Crippen LogP contribution >= 0.6 is 0 Å². The van der Waals surface area contributed by atoms with E-state index in [1.165, 1.54) is 7.11 Å². The Bertz CT molecular complexity index is 2010. The number of amides is 2. The molecular weight excluding hydrogens is 709 g/mol. The predicted molar refractivity (Wildman–Crippen MR) is 212 cm³/mol. The number of urea groups is 1. The van der Waals surface area contributed by atoms with Crippen LogP contribution in [0.3, 0.4) is 0 Å². The molecule has 12 nitrogen and oxygen atoms in total. The Kier molecular flexibility index (Phi) is 13.0. The molecule has 4 atom stereocenters. The van der Waals surface area contributed by atoms with Crippen LogP contribution in [0.5, 0.6) is 0 Å². The summed E-state index contributed by atoms with van der Waals surface area (Å²) >= 11 is 0. The van der Waals surface area contributed by atoms with Crippen LogP contribution in [0.2, 0.25) is 0 Å².